The number of hydrogen-bond acceptors (Lipinski definition) is 4. The Balaban J connectivity index is 0.00000242. The third-order valence-electron chi connectivity index (χ3n) is 2.81. The van der Waals surface area contributed by atoms with Crippen molar-refractivity contribution in [3.05, 3.63) is 59.7 Å². The molecule has 0 saturated carbocycles. The van der Waals surface area contributed by atoms with E-state index in [9.17, 15) is 18.0 Å². The number of hydrogen-bond donors (Lipinski definition) is 2. The molecule has 2 aromatic rings. The van der Waals surface area contributed by atoms with Crippen molar-refractivity contribution in [2.24, 2.45) is 0 Å². The van der Waals surface area contributed by atoms with Gasteiger partial charge in [-0.15, -0.1) is 0 Å². The van der Waals surface area contributed by atoms with Crippen LogP contribution in [0, 0.1) is 0 Å². The van der Waals surface area contributed by atoms with Crippen molar-refractivity contribution in [2.75, 3.05) is 0 Å². The standard InChI is InChI=1S/C14H10O6S.Ni/c15-13(16)9-5-1-3-7-11(9)21(19,20)12-8-4-2-6-10(12)14(17)18;/h1-8H,(H,15,16)(H,17,18);. The van der Waals surface area contributed by atoms with Crippen molar-refractivity contribution in [1.82, 2.24) is 0 Å². The maximum Gasteiger partial charge on any atom is 0.337 e. The average Bonchev–Trinajstić information content (AvgIpc) is 2.47. The van der Waals surface area contributed by atoms with E-state index in [-0.39, 0.29) is 16.5 Å². The molecule has 0 aliphatic carbocycles. The Labute approximate surface area is 136 Å². The second-order valence-corrected chi connectivity index (χ2v) is 5.99. The maximum atomic E-state index is 12.6. The number of sulfone groups is 1. The summed E-state index contributed by atoms with van der Waals surface area (Å²) in [5, 5.41) is 18.1. The SMILES string of the molecule is O=C(O)c1ccccc1S(=O)(=O)c1ccccc1C(=O)O.[Ni]. The van der Waals surface area contributed by atoms with E-state index >= 15 is 0 Å². The van der Waals surface area contributed by atoms with Crippen molar-refractivity contribution in [2.45, 2.75) is 9.79 Å². The van der Waals surface area contributed by atoms with Gasteiger partial charge in [0.25, 0.3) is 0 Å². The summed E-state index contributed by atoms with van der Waals surface area (Å²) in [5.41, 5.74) is -0.810. The van der Waals surface area contributed by atoms with E-state index in [1.807, 2.05) is 0 Å². The minimum atomic E-state index is -4.25. The van der Waals surface area contributed by atoms with Crippen molar-refractivity contribution >= 4 is 21.8 Å². The molecule has 2 N–H and O–H groups in total. The van der Waals surface area contributed by atoms with Crippen molar-refractivity contribution in [3.8, 4) is 0 Å². The van der Waals surface area contributed by atoms with E-state index in [4.69, 9.17) is 10.2 Å². The maximum absolute atomic E-state index is 12.6. The molecule has 0 aliphatic rings. The van der Waals surface area contributed by atoms with Crippen LogP contribution < -0.4 is 0 Å². The molecule has 0 heterocycles. The first-order chi connectivity index (χ1) is 9.85. The van der Waals surface area contributed by atoms with Crippen LogP contribution in [0.1, 0.15) is 20.7 Å². The number of carboxylic acids is 2. The first kappa shape index (κ1) is 17.9. The zero-order valence-electron chi connectivity index (χ0n) is 10.9. The van der Waals surface area contributed by atoms with E-state index in [1.54, 1.807) is 0 Å². The minimum Gasteiger partial charge on any atom is -0.478 e. The summed E-state index contributed by atoms with van der Waals surface area (Å²) < 4.78 is 25.1. The number of carbonyl (C=O) groups is 2. The molecule has 0 radical (unpaired) electrons. The summed E-state index contributed by atoms with van der Waals surface area (Å²) in [4.78, 5) is 21.4. The normalized spacial score (nSPS) is 10.5. The van der Waals surface area contributed by atoms with Gasteiger partial charge in [0.2, 0.25) is 9.84 Å². The molecular formula is C14H10NiO6S. The third-order valence-corrected chi connectivity index (χ3v) is 4.68. The van der Waals surface area contributed by atoms with Crippen molar-refractivity contribution in [1.29, 1.82) is 0 Å². The first-order valence-electron chi connectivity index (χ1n) is 5.75. The average molecular weight is 365 g/mol. The fourth-order valence-electron chi connectivity index (χ4n) is 1.87. The molecule has 0 aliphatic heterocycles. The Morgan fingerprint density at radius 2 is 1.05 bits per heavy atom. The van der Waals surface area contributed by atoms with Gasteiger partial charge in [0.15, 0.2) is 0 Å². The summed E-state index contributed by atoms with van der Waals surface area (Å²) in [6.45, 7) is 0. The molecule has 2 aromatic carbocycles. The van der Waals surface area contributed by atoms with Crippen LogP contribution in [0.25, 0.3) is 0 Å². The molecule has 22 heavy (non-hydrogen) atoms. The fourth-order valence-corrected chi connectivity index (χ4v) is 3.52. The molecule has 0 fully saturated rings. The van der Waals surface area contributed by atoms with Gasteiger partial charge >= 0.3 is 11.9 Å². The number of rotatable bonds is 4. The van der Waals surface area contributed by atoms with E-state index < -0.39 is 42.7 Å². The Morgan fingerprint density at radius 3 is 1.36 bits per heavy atom. The van der Waals surface area contributed by atoms with Gasteiger partial charge in [-0.25, -0.2) is 18.0 Å². The monoisotopic (exact) mass is 364 g/mol. The molecule has 0 spiro atoms. The molecule has 118 valence electrons. The zero-order valence-corrected chi connectivity index (χ0v) is 12.7. The molecule has 0 atom stereocenters. The van der Waals surface area contributed by atoms with E-state index in [0.29, 0.717) is 0 Å². The van der Waals surface area contributed by atoms with Gasteiger partial charge in [0, 0.05) is 16.5 Å². The van der Waals surface area contributed by atoms with E-state index in [0.717, 1.165) is 24.3 Å². The quantitative estimate of drug-likeness (QED) is 0.802. The van der Waals surface area contributed by atoms with Gasteiger partial charge in [-0.1, -0.05) is 24.3 Å². The van der Waals surface area contributed by atoms with Gasteiger partial charge in [0.1, 0.15) is 0 Å². The predicted molar refractivity (Wildman–Crippen MR) is 72.3 cm³/mol. The van der Waals surface area contributed by atoms with Gasteiger partial charge in [0.05, 0.1) is 20.9 Å². The Hall–Kier alpha value is -2.18. The number of aromatic carboxylic acids is 2. The summed E-state index contributed by atoms with van der Waals surface area (Å²) >= 11 is 0. The summed E-state index contributed by atoms with van der Waals surface area (Å²) in [5.74, 6) is -2.80. The van der Waals surface area contributed by atoms with Crippen molar-refractivity contribution in [3.63, 3.8) is 0 Å². The smallest absolute Gasteiger partial charge is 0.337 e. The molecule has 0 amide bonds. The van der Waals surface area contributed by atoms with E-state index in [2.05, 4.69) is 0 Å². The third kappa shape index (κ3) is 3.18. The molecule has 0 aromatic heterocycles. The topological polar surface area (TPSA) is 109 Å². The molecule has 0 bridgehead atoms. The molecule has 2 rings (SSSR count). The molecular weight excluding hydrogens is 355 g/mol. The minimum absolute atomic E-state index is 0. The van der Waals surface area contributed by atoms with Gasteiger partial charge in [-0.05, 0) is 24.3 Å². The van der Waals surface area contributed by atoms with Gasteiger partial charge in [-0.3, -0.25) is 0 Å². The summed E-state index contributed by atoms with van der Waals surface area (Å²) in [6.07, 6.45) is 0. The molecule has 8 heteroatoms. The zero-order chi connectivity index (χ0) is 15.6. The van der Waals surface area contributed by atoms with Crippen LogP contribution in [-0.4, -0.2) is 30.6 Å². The van der Waals surface area contributed by atoms with Gasteiger partial charge < -0.3 is 10.2 Å². The molecule has 0 unspecified atom stereocenters. The Kier molecular flexibility index (Phi) is 5.46. The molecule has 0 saturated heterocycles. The van der Waals surface area contributed by atoms with Crippen LogP contribution >= 0.6 is 0 Å². The van der Waals surface area contributed by atoms with Crippen LogP contribution in [0.4, 0.5) is 0 Å². The summed E-state index contributed by atoms with van der Waals surface area (Å²) in [7, 11) is -4.25. The van der Waals surface area contributed by atoms with E-state index in [1.165, 1.54) is 24.3 Å². The van der Waals surface area contributed by atoms with Crippen LogP contribution in [0.3, 0.4) is 0 Å². The largest absolute Gasteiger partial charge is 0.478 e. The second kappa shape index (κ2) is 6.72. The molecule has 6 nitrogen and oxygen atoms in total. The first-order valence-corrected chi connectivity index (χ1v) is 7.23. The number of carboxylic acid groups (broad SMARTS) is 2. The van der Waals surface area contributed by atoms with Crippen LogP contribution in [0.15, 0.2) is 58.3 Å². The van der Waals surface area contributed by atoms with Gasteiger partial charge in [-0.2, -0.15) is 0 Å². The van der Waals surface area contributed by atoms with Crippen molar-refractivity contribution < 1.29 is 44.7 Å². The number of benzene rings is 2. The Morgan fingerprint density at radius 1 is 0.727 bits per heavy atom. The predicted octanol–water partition coefficient (Wildman–Crippen LogP) is 1.91. The fraction of sp³-hybridized carbons (Fsp3) is 0. The summed E-state index contributed by atoms with van der Waals surface area (Å²) in [6, 6.07) is 10.1. The van der Waals surface area contributed by atoms with Crippen LogP contribution in [0.2, 0.25) is 0 Å². The second-order valence-electron chi connectivity index (χ2n) is 4.11. The Bertz CT molecular complexity index is 765. The van der Waals surface area contributed by atoms with Crippen LogP contribution in [-0.2, 0) is 26.3 Å². The van der Waals surface area contributed by atoms with Crippen LogP contribution in [0.5, 0.6) is 0 Å².